The van der Waals surface area contributed by atoms with Gasteiger partial charge in [0.25, 0.3) is 5.91 Å². The van der Waals surface area contributed by atoms with Gasteiger partial charge in [-0.05, 0) is 13.0 Å². The summed E-state index contributed by atoms with van der Waals surface area (Å²) in [6.07, 6.45) is 4.79. The maximum absolute atomic E-state index is 13.0. The number of hydrogen-bond acceptors (Lipinski definition) is 6. The molecule has 1 atom stereocenters. The molecule has 0 unspecified atom stereocenters. The number of carbonyl (C=O) groups is 2. The fourth-order valence-corrected chi connectivity index (χ4v) is 4.47. The van der Waals surface area contributed by atoms with Crippen molar-refractivity contribution >= 4 is 11.8 Å². The molecule has 0 aromatic carbocycles. The Morgan fingerprint density at radius 1 is 1.28 bits per heavy atom. The summed E-state index contributed by atoms with van der Waals surface area (Å²) < 4.78 is 5.54. The van der Waals surface area contributed by atoms with Crippen LogP contribution in [0.3, 0.4) is 0 Å². The first-order valence-electron chi connectivity index (χ1n) is 8.89. The van der Waals surface area contributed by atoms with Crippen molar-refractivity contribution in [3.05, 3.63) is 24.3 Å². The number of carbonyl (C=O) groups excluding carboxylic acids is 2. The Morgan fingerprint density at radius 2 is 2.00 bits per heavy atom. The van der Waals surface area contributed by atoms with Crippen molar-refractivity contribution in [1.29, 1.82) is 0 Å². The van der Waals surface area contributed by atoms with Crippen LogP contribution in [0.15, 0.2) is 18.5 Å². The molecule has 1 spiro atoms. The third kappa shape index (κ3) is 2.51. The van der Waals surface area contributed by atoms with E-state index in [0.29, 0.717) is 39.4 Å². The van der Waals surface area contributed by atoms with Gasteiger partial charge in [-0.1, -0.05) is 0 Å². The maximum Gasteiger partial charge on any atom is 0.291 e. The molecular formula is C17H23N5O3. The van der Waals surface area contributed by atoms with Crippen LogP contribution in [0.5, 0.6) is 0 Å². The molecular weight excluding hydrogens is 322 g/mol. The highest BCUT2D eigenvalue weighted by atomic mass is 16.5. The minimum Gasteiger partial charge on any atom is -0.381 e. The van der Waals surface area contributed by atoms with Crippen LogP contribution in [0.4, 0.5) is 0 Å². The van der Waals surface area contributed by atoms with E-state index >= 15 is 0 Å². The molecule has 25 heavy (non-hydrogen) atoms. The lowest BCUT2D eigenvalue weighted by atomic mass is 9.96. The maximum atomic E-state index is 13.0. The number of hydrogen-bond donors (Lipinski definition) is 0. The van der Waals surface area contributed by atoms with Gasteiger partial charge in [-0.3, -0.25) is 14.5 Å². The first-order chi connectivity index (χ1) is 12.2. The van der Waals surface area contributed by atoms with Gasteiger partial charge in [-0.25, -0.2) is 9.97 Å². The molecule has 1 aromatic heterocycles. The third-order valence-corrected chi connectivity index (χ3v) is 5.62. The first kappa shape index (κ1) is 16.4. The van der Waals surface area contributed by atoms with Crippen LogP contribution in [0, 0.1) is 0 Å². The predicted molar refractivity (Wildman–Crippen MR) is 88.6 cm³/mol. The van der Waals surface area contributed by atoms with Gasteiger partial charge in [0.05, 0.1) is 13.2 Å². The molecule has 0 saturated carbocycles. The van der Waals surface area contributed by atoms with Crippen LogP contribution in [-0.4, -0.2) is 87.6 Å². The number of rotatable bonds is 2. The van der Waals surface area contributed by atoms with Gasteiger partial charge in [0, 0.05) is 51.4 Å². The fraction of sp³-hybridized carbons (Fsp3) is 0.647. The van der Waals surface area contributed by atoms with Crippen LogP contribution >= 0.6 is 0 Å². The average molecular weight is 345 g/mol. The zero-order valence-corrected chi connectivity index (χ0v) is 14.4. The fourth-order valence-electron chi connectivity index (χ4n) is 4.47. The average Bonchev–Trinajstić information content (AvgIpc) is 2.89. The summed E-state index contributed by atoms with van der Waals surface area (Å²) in [6.45, 7) is 5.72. The zero-order chi connectivity index (χ0) is 17.4. The lowest BCUT2D eigenvalue weighted by Crippen LogP contribution is -2.62. The molecule has 4 heterocycles. The number of fused-ring (bicyclic) bond motifs is 2. The largest absolute Gasteiger partial charge is 0.381 e. The van der Waals surface area contributed by atoms with Crippen LogP contribution in [-0.2, 0) is 9.53 Å². The molecule has 0 aliphatic carbocycles. The van der Waals surface area contributed by atoms with Crippen molar-refractivity contribution < 1.29 is 14.3 Å². The van der Waals surface area contributed by atoms with Crippen molar-refractivity contribution in [1.82, 2.24) is 24.7 Å². The summed E-state index contributed by atoms with van der Waals surface area (Å²) in [7, 11) is 0. The highest BCUT2D eigenvalue weighted by Gasteiger charge is 2.58. The highest BCUT2D eigenvalue weighted by molar-refractivity contribution is 5.92. The van der Waals surface area contributed by atoms with E-state index in [0.717, 1.165) is 12.8 Å². The number of ether oxygens (including phenoxy) is 1. The molecule has 8 heteroatoms. The van der Waals surface area contributed by atoms with Gasteiger partial charge in [-0.2, -0.15) is 0 Å². The molecule has 0 bridgehead atoms. The molecule has 8 nitrogen and oxygen atoms in total. The number of amides is 2. The smallest absolute Gasteiger partial charge is 0.291 e. The van der Waals surface area contributed by atoms with Gasteiger partial charge in [0.15, 0.2) is 0 Å². The highest BCUT2D eigenvalue weighted by Crippen LogP contribution is 2.40. The minimum absolute atomic E-state index is 0.121. The summed E-state index contributed by atoms with van der Waals surface area (Å²) in [5.74, 6) is 0.106. The molecule has 2 amide bonds. The molecule has 3 saturated heterocycles. The Bertz CT molecular complexity index is 662. The van der Waals surface area contributed by atoms with Crippen LogP contribution in [0.25, 0.3) is 0 Å². The van der Waals surface area contributed by atoms with Gasteiger partial charge in [0.1, 0.15) is 11.7 Å². The summed E-state index contributed by atoms with van der Waals surface area (Å²) >= 11 is 0. The Balaban J connectivity index is 1.57. The topological polar surface area (TPSA) is 78.9 Å². The van der Waals surface area contributed by atoms with Crippen molar-refractivity contribution in [2.24, 2.45) is 0 Å². The van der Waals surface area contributed by atoms with Gasteiger partial charge < -0.3 is 14.5 Å². The van der Waals surface area contributed by atoms with E-state index < -0.39 is 0 Å². The Morgan fingerprint density at radius 3 is 2.68 bits per heavy atom. The van der Waals surface area contributed by atoms with E-state index in [-0.39, 0.29) is 29.3 Å². The van der Waals surface area contributed by atoms with E-state index in [2.05, 4.69) is 14.9 Å². The van der Waals surface area contributed by atoms with Crippen LogP contribution in [0.2, 0.25) is 0 Å². The number of piperazine rings is 1. The summed E-state index contributed by atoms with van der Waals surface area (Å²) in [6, 6.07) is 1.41. The molecule has 3 aliphatic rings. The van der Waals surface area contributed by atoms with E-state index in [9.17, 15) is 9.59 Å². The molecule has 3 aliphatic heterocycles. The molecule has 134 valence electrons. The van der Waals surface area contributed by atoms with Crippen molar-refractivity contribution in [2.45, 2.75) is 31.5 Å². The van der Waals surface area contributed by atoms with Gasteiger partial charge in [-0.15, -0.1) is 0 Å². The molecule has 0 radical (unpaired) electrons. The lowest BCUT2D eigenvalue weighted by Gasteiger charge is -2.48. The predicted octanol–water partition coefficient (Wildman–Crippen LogP) is -0.0282. The van der Waals surface area contributed by atoms with Crippen molar-refractivity contribution in [3.8, 4) is 0 Å². The van der Waals surface area contributed by atoms with Crippen molar-refractivity contribution in [3.63, 3.8) is 0 Å². The second-order valence-corrected chi connectivity index (χ2v) is 6.71. The molecule has 0 N–H and O–H groups in total. The normalized spacial score (nSPS) is 26.1. The Labute approximate surface area is 146 Å². The van der Waals surface area contributed by atoms with E-state index in [1.807, 2.05) is 11.8 Å². The Hall–Kier alpha value is -2.06. The van der Waals surface area contributed by atoms with E-state index in [1.54, 1.807) is 23.4 Å². The summed E-state index contributed by atoms with van der Waals surface area (Å²) in [5, 5.41) is 0. The van der Waals surface area contributed by atoms with Gasteiger partial charge >= 0.3 is 0 Å². The van der Waals surface area contributed by atoms with E-state index in [1.165, 1.54) is 0 Å². The summed E-state index contributed by atoms with van der Waals surface area (Å²) in [5.41, 5.74) is -0.243. The van der Waals surface area contributed by atoms with Crippen molar-refractivity contribution in [2.75, 3.05) is 39.4 Å². The number of aromatic nitrogens is 2. The second kappa shape index (κ2) is 6.34. The monoisotopic (exact) mass is 345 g/mol. The minimum atomic E-state index is -0.278. The Kier molecular flexibility index (Phi) is 4.16. The third-order valence-electron chi connectivity index (χ3n) is 5.62. The molecule has 1 aromatic rings. The van der Waals surface area contributed by atoms with Crippen LogP contribution in [0.1, 0.15) is 30.4 Å². The van der Waals surface area contributed by atoms with E-state index in [4.69, 9.17) is 4.74 Å². The molecule has 3 fully saturated rings. The zero-order valence-electron chi connectivity index (χ0n) is 14.4. The SMILES string of the molecule is CCN1C(=O)[C@H]2CN(C(=O)c3ncccn3)CCN2C12CCOCC2. The number of likely N-dealkylation sites (N-methyl/N-ethyl adjacent to an activating group) is 1. The lowest BCUT2D eigenvalue weighted by molar-refractivity contribution is -0.135. The van der Waals surface area contributed by atoms with Crippen LogP contribution < -0.4 is 0 Å². The first-order valence-corrected chi connectivity index (χ1v) is 8.89. The van der Waals surface area contributed by atoms with Gasteiger partial charge in [0.2, 0.25) is 11.7 Å². The number of nitrogens with zero attached hydrogens (tertiary/aromatic N) is 5. The second-order valence-electron chi connectivity index (χ2n) is 6.71. The quantitative estimate of drug-likeness (QED) is 0.749. The standard InChI is InChI=1S/C17H23N5O3/c1-2-21-15(23)13-12-20(16(24)14-18-6-3-7-19-14)8-9-22(13)17(21)4-10-25-11-5-17/h3,6-7,13H,2,4-5,8-12H2,1H3/t13-/m1/s1. The summed E-state index contributed by atoms with van der Waals surface area (Å²) in [4.78, 5) is 39.8. The molecule has 4 rings (SSSR count).